The van der Waals surface area contributed by atoms with Gasteiger partial charge in [-0.3, -0.25) is 9.59 Å². The maximum atomic E-state index is 12.1. The summed E-state index contributed by atoms with van der Waals surface area (Å²) in [5, 5.41) is 37.3. The Balaban J connectivity index is 3.06. The standard InChI is InChI=1S/C11H20N4O8/c12-3(1-5(17)18)9(21)15(11(14)22)10-6(13)8(20)7(19)4(2-16)23-10/h3-4,6-8,10,16,19-20H,1-2,12-13H2,(H2,14,22)(H,17,18)/t3-,4+,6+,7+,8+,10?/m0/s1. The zero-order chi connectivity index (χ0) is 17.9. The zero-order valence-electron chi connectivity index (χ0n) is 12.0. The van der Waals surface area contributed by atoms with E-state index in [4.69, 9.17) is 32.2 Å². The molecule has 0 aliphatic carbocycles. The molecule has 132 valence electrons. The SMILES string of the molecule is NC(=O)N(C(=O)[C@@H](N)CC(=O)O)C1O[C@H](CO)[C@@H](O)[C@H](O)[C@H]1N. The lowest BCUT2D eigenvalue weighted by molar-refractivity contribution is -0.218. The molecule has 1 aliphatic rings. The first kappa shape index (κ1) is 19.2. The maximum Gasteiger partial charge on any atom is 0.323 e. The Kier molecular flexibility index (Phi) is 6.37. The van der Waals surface area contributed by atoms with E-state index >= 15 is 0 Å². The summed E-state index contributed by atoms with van der Waals surface area (Å²) in [4.78, 5) is 34.6. The van der Waals surface area contributed by atoms with Crippen molar-refractivity contribution in [3.8, 4) is 0 Å². The number of rotatable bonds is 5. The number of carbonyl (C=O) groups is 3. The van der Waals surface area contributed by atoms with Crippen LogP contribution in [0, 0.1) is 0 Å². The molecule has 1 fully saturated rings. The van der Waals surface area contributed by atoms with Crippen LogP contribution in [0.4, 0.5) is 4.79 Å². The summed E-state index contributed by atoms with van der Waals surface area (Å²) in [6.45, 7) is -0.733. The smallest absolute Gasteiger partial charge is 0.323 e. The van der Waals surface area contributed by atoms with Gasteiger partial charge < -0.3 is 42.4 Å². The largest absolute Gasteiger partial charge is 0.481 e. The van der Waals surface area contributed by atoms with Gasteiger partial charge in [0.15, 0.2) is 6.23 Å². The lowest BCUT2D eigenvalue weighted by atomic mass is 9.96. The molecule has 0 bridgehead atoms. The molecule has 0 aromatic heterocycles. The highest BCUT2D eigenvalue weighted by Gasteiger charge is 2.48. The number of hydrogen-bond donors (Lipinski definition) is 7. The highest BCUT2D eigenvalue weighted by atomic mass is 16.5. The van der Waals surface area contributed by atoms with Crippen LogP contribution in [0.2, 0.25) is 0 Å². The van der Waals surface area contributed by atoms with Gasteiger partial charge in [-0.15, -0.1) is 0 Å². The Bertz CT molecular complexity index is 473. The van der Waals surface area contributed by atoms with Crippen LogP contribution in [-0.4, -0.2) is 86.5 Å². The van der Waals surface area contributed by atoms with Gasteiger partial charge in [-0.05, 0) is 0 Å². The van der Waals surface area contributed by atoms with Crippen LogP contribution in [0.15, 0.2) is 0 Å². The predicted octanol–water partition coefficient (Wildman–Crippen LogP) is -4.54. The van der Waals surface area contributed by atoms with Crippen LogP contribution in [0.1, 0.15) is 6.42 Å². The van der Waals surface area contributed by atoms with E-state index in [-0.39, 0.29) is 4.90 Å². The first-order valence-electron chi connectivity index (χ1n) is 6.59. The number of aliphatic hydroxyl groups excluding tert-OH is 3. The maximum absolute atomic E-state index is 12.1. The third-order valence-electron chi connectivity index (χ3n) is 3.39. The van der Waals surface area contributed by atoms with Gasteiger partial charge in [-0.2, -0.15) is 0 Å². The fraction of sp³-hybridized carbons (Fsp3) is 0.727. The van der Waals surface area contributed by atoms with E-state index in [1.54, 1.807) is 0 Å². The van der Waals surface area contributed by atoms with Gasteiger partial charge in [-0.1, -0.05) is 0 Å². The monoisotopic (exact) mass is 336 g/mol. The molecule has 1 aliphatic heterocycles. The minimum absolute atomic E-state index is 0.274. The molecule has 0 spiro atoms. The Morgan fingerprint density at radius 3 is 2.22 bits per heavy atom. The topological polar surface area (TPSA) is 223 Å². The quantitative estimate of drug-likeness (QED) is 0.254. The molecule has 12 nitrogen and oxygen atoms in total. The van der Waals surface area contributed by atoms with E-state index in [0.29, 0.717) is 0 Å². The molecule has 0 saturated carbocycles. The van der Waals surface area contributed by atoms with Crippen molar-refractivity contribution in [2.24, 2.45) is 17.2 Å². The van der Waals surface area contributed by atoms with E-state index in [0.717, 1.165) is 0 Å². The number of carboxylic acid groups (broad SMARTS) is 1. The van der Waals surface area contributed by atoms with E-state index in [1.807, 2.05) is 0 Å². The van der Waals surface area contributed by atoms with Gasteiger partial charge in [0.05, 0.1) is 25.1 Å². The summed E-state index contributed by atoms with van der Waals surface area (Å²) in [7, 11) is 0. The lowest BCUT2D eigenvalue weighted by Gasteiger charge is -2.44. The minimum atomic E-state index is -1.63. The Hall–Kier alpha value is -1.83. The van der Waals surface area contributed by atoms with Crippen molar-refractivity contribution in [1.29, 1.82) is 0 Å². The number of primary amides is 1. The van der Waals surface area contributed by atoms with Crippen molar-refractivity contribution >= 4 is 17.9 Å². The van der Waals surface area contributed by atoms with Gasteiger partial charge in [0, 0.05) is 0 Å². The average molecular weight is 336 g/mol. The molecule has 6 atom stereocenters. The number of imide groups is 1. The first-order chi connectivity index (χ1) is 10.6. The van der Waals surface area contributed by atoms with Crippen LogP contribution in [-0.2, 0) is 14.3 Å². The third-order valence-corrected chi connectivity index (χ3v) is 3.39. The van der Waals surface area contributed by atoms with Crippen molar-refractivity contribution in [1.82, 2.24) is 4.90 Å². The second-order valence-electron chi connectivity index (χ2n) is 5.06. The van der Waals surface area contributed by atoms with E-state index in [1.165, 1.54) is 0 Å². The molecule has 23 heavy (non-hydrogen) atoms. The summed E-state index contributed by atoms with van der Waals surface area (Å²) in [6.07, 6.45) is -6.92. The van der Waals surface area contributed by atoms with Crippen LogP contribution >= 0.6 is 0 Å². The van der Waals surface area contributed by atoms with Crippen molar-refractivity contribution in [2.45, 2.75) is 43.0 Å². The lowest BCUT2D eigenvalue weighted by Crippen LogP contribution is -2.69. The molecule has 10 N–H and O–H groups in total. The number of nitrogens with zero attached hydrogens (tertiary/aromatic N) is 1. The second-order valence-corrected chi connectivity index (χ2v) is 5.06. The van der Waals surface area contributed by atoms with E-state index in [9.17, 15) is 24.6 Å². The summed E-state index contributed by atoms with van der Waals surface area (Å²) in [6, 6.07) is -4.38. The third kappa shape index (κ3) is 4.13. The number of urea groups is 1. The average Bonchev–Trinajstić information content (AvgIpc) is 2.46. The fourth-order valence-corrected chi connectivity index (χ4v) is 2.16. The molecule has 1 saturated heterocycles. The number of amides is 3. The molecule has 3 amide bonds. The van der Waals surface area contributed by atoms with Gasteiger partial charge >= 0.3 is 12.0 Å². The Morgan fingerprint density at radius 2 is 1.78 bits per heavy atom. The van der Waals surface area contributed by atoms with Crippen molar-refractivity contribution in [2.75, 3.05) is 6.61 Å². The van der Waals surface area contributed by atoms with Crippen molar-refractivity contribution in [3.05, 3.63) is 0 Å². The van der Waals surface area contributed by atoms with Gasteiger partial charge in [0.2, 0.25) is 5.91 Å². The van der Waals surface area contributed by atoms with E-state index in [2.05, 4.69) is 0 Å². The molecular weight excluding hydrogens is 316 g/mol. The summed E-state index contributed by atoms with van der Waals surface area (Å²) in [5.41, 5.74) is 16.1. The van der Waals surface area contributed by atoms with Crippen LogP contribution in [0.25, 0.3) is 0 Å². The molecule has 0 radical (unpaired) electrons. The van der Waals surface area contributed by atoms with Gasteiger partial charge in [0.1, 0.15) is 18.3 Å². The van der Waals surface area contributed by atoms with Crippen LogP contribution in [0.3, 0.4) is 0 Å². The molecule has 1 rings (SSSR count). The summed E-state index contributed by atoms with van der Waals surface area (Å²) < 4.78 is 5.15. The highest BCUT2D eigenvalue weighted by molar-refractivity contribution is 5.98. The normalized spacial score (nSPS) is 32.1. The number of nitrogens with two attached hydrogens (primary N) is 3. The number of aliphatic hydroxyl groups is 3. The highest BCUT2D eigenvalue weighted by Crippen LogP contribution is 2.23. The van der Waals surface area contributed by atoms with Crippen LogP contribution in [0.5, 0.6) is 0 Å². The Morgan fingerprint density at radius 1 is 1.22 bits per heavy atom. The summed E-state index contributed by atoms with van der Waals surface area (Å²) >= 11 is 0. The van der Waals surface area contributed by atoms with Crippen molar-refractivity contribution in [3.63, 3.8) is 0 Å². The number of aliphatic carboxylic acids is 1. The molecule has 0 aromatic rings. The molecule has 1 unspecified atom stereocenters. The molecular formula is C11H20N4O8. The van der Waals surface area contributed by atoms with E-state index < -0.39 is 67.6 Å². The van der Waals surface area contributed by atoms with Gasteiger partial charge in [-0.25, -0.2) is 9.69 Å². The van der Waals surface area contributed by atoms with Gasteiger partial charge in [0.25, 0.3) is 0 Å². The first-order valence-corrected chi connectivity index (χ1v) is 6.59. The molecule has 0 aromatic carbocycles. The number of carboxylic acids is 1. The minimum Gasteiger partial charge on any atom is -0.481 e. The van der Waals surface area contributed by atoms with Crippen LogP contribution < -0.4 is 17.2 Å². The zero-order valence-corrected chi connectivity index (χ0v) is 12.0. The number of hydrogen-bond acceptors (Lipinski definition) is 9. The summed E-state index contributed by atoms with van der Waals surface area (Å²) in [5.74, 6) is -2.56. The Labute approximate surface area is 130 Å². The second kappa shape index (κ2) is 7.63. The van der Waals surface area contributed by atoms with Crippen molar-refractivity contribution < 1.29 is 39.5 Å². The number of ether oxygens (including phenoxy) is 1. The molecule has 12 heteroatoms. The molecule has 1 heterocycles. The fourth-order valence-electron chi connectivity index (χ4n) is 2.16. The number of carbonyl (C=O) groups excluding carboxylic acids is 2. The predicted molar refractivity (Wildman–Crippen MR) is 72.4 cm³/mol.